The first kappa shape index (κ1) is 15.3. The van der Waals surface area contributed by atoms with Gasteiger partial charge in [-0.25, -0.2) is 4.57 Å². The van der Waals surface area contributed by atoms with Gasteiger partial charge in [0.25, 0.3) is 0 Å². The summed E-state index contributed by atoms with van der Waals surface area (Å²) in [5.41, 5.74) is 0. The van der Waals surface area contributed by atoms with Crippen molar-refractivity contribution in [3.8, 4) is 0 Å². The van der Waals surface area contributed by atoms with Crippen LogP contribution in [0, 0.1) is 5.92 Å². The molecule has 1 heterocycles. The average molecular weight is 286 g/mol. The highest BCUT2D eigenvalue weighted by molar-refractivity contribution is 5.49. The molecule has 0 aliphatic rings. The summed E-state index contributed by atoms with van der Waals surface area (Å²) in [5.74, 6) is 0.698. The molecule has 1 unspecified atom stereocenters. The minimum absolute atomic E-state index is 0. The quantitative estimate of drug-likeness (QED) is 0.512. The molecule has 0 radical (unpaired) electrons. The van der Waals surface area contributed by atoms with Gasteiger partial charge in [0.05, 0.1) is 6.42 Å². The van der Waals surface area contributed by atoms with Gasteiger partial charge in [-0.05, 0) is 12.3 Å². The lowest BCUT2D eigenvalue weighted by Crippen LogP contribution is -3.00. The van der Waals surface area contributed by atoms with Crippen molar-refractivity contribution in [2.75, 3.05) is 0 Å². The second-order valence-corrected chi connectivity index (χ2v) is 4.35. The van der Waals surface area contributed by atoms with E-state index in [0.29, 0.717) is 18.4 Å². The van der Waals surface area contributed by atoms with E-state index < -0.39 is 0 Å². The molecule has 0 saturated heterocycles. The Labute approximate surface area is 108 Å². The number of carbonyl (C=O) groups excluding carboxylic acids is 1. The summed E-state index contributed by atoms with van der Waals surface area (Å²) in [6.45, 7) is 4.43. The fourth-order valence-corrected chi connectivity index (χ4v) is 1.68. The van der Waals surface area contributed by atoms with Crippen LogP contribution in [0.1, 0.15) is 39.2 Å². The first-order chi connectivity index (χ1) is 7.24. The van der Waals surface area contributed by atoms with Crippen molar-refractivity contribution in [1.82, 2.24) is 0 Å². The molecule has 1 aromatic rings. The van der Waals surface area contributed by atoms with Gasteiger partial charge in [0.15, 0.2) is 18.4 Å². The van der Waals surface area contributed by atoms with Crippen molar-refractivity contribution >= 4 is 6.29 Å². The van der Waals surface area contributed by atoms with Crippen molar-refractivity contribution in [3.05, 3.63) is 30.6 Å². The maximum atomic E-state index is 10.6. The van der Waals surface area contributed by atoms with Gasteiger partial charge in [-0.15, -0.1) is 0 Å². The first-order valence-electron chi connectivity index (χ1n) is 5.63. The first-order valence-corrected chi connectivity index (χ1v) is 5.63. The Balaban J connectivity index is 0.00000225. The van der Waals surface area contributed by atoms with E-state index in [0.717, 1.165) is 12.7 Å². The fraction of sp³-hybridized carbons (Fsp3) is 0.538. The summed E-state index contributed by atoms with van der Waals surface area (Å²) < 4.78 is 2.14. The molecule has 0 aromatic carbocycles. The van der Waals surface area contributed by atoms with Crippen LogP contribution in [-0.4, -0.2) is 6.29 Å². The van der Waals surface area contributed by atoms with Crippen molar-refractivity contribution in [3.63, 3.8) is 0 Å². The Hall–Kier alpha value is -0.700. The highest BCUT2D eigenvalue weighted by Gasteiger charge is 2.17. The topological polar surface area (TPSA) is 20.9 Å². The standard InChI is InChI=1S/C13H20NO.BrH/c1-12(2)6-7-13(8-11-15)14-9-4-3-5-10-14;/h3-5,9-13H,6-8H2,1-2H3;1H/q+1;/p-1. The predicted octanol–water partition coefficient (Wildman–Crippen LogP) is -0.456. The molecule has 1 aromatic heterocycles. The molecule has 0 spiro atoms. The van der Waals surface area contributed by atoms with E-state index in [1.165, 1.54) is 6.42 Å². The molecule has 1 atom stereocenters. The molecular formula is C13H20BrNO. The summed E-state index contributed by atoms with van der Waals surface area (Å²) in [4.78, 5) is 10.6. The summed E-state index contributed by atoms with van der Waals surface area (Å²) in [7, 11) is 0. The number of pyridine rings is 1. The molecule has 3 heteroatoms. The van der Waals surface area contributed by atoms with Gasteiger partial charge in [-0.2, -0.15) is 0 Å². The summed E-state index contributed by atoms with van der Waals surface area (Å²) in [6, 6.07) is 6.34. The number of hydrogen-bond donors (Lipinski definition) is 0. The van der Waals surface area contributed by atoms with Gasteiger partial charge in [0.1, 0.15) is 6.29 Å². The average Bonchev–Trinajstić information content (AvgIpc) is 2.25. The number of hydrogen-bond acceptors (Lipinski definition) is 1. The van der Waals surface area contributed by atoms with Crippen LogP contribution in [0.5, 0.6) is 0 Å². The van der Waals surface area contributed by atoms with Gasteiger partial charge < -0.3 is 21.8 Å². The number of aldehydes is 1. The van der Waals surface area contributed by atoms with E-state index >= 15 is 0 Å². The highest BCUT2D eigenvalue weighted by Crippen LogP contribution is 2.14. The van der Waals surface area contributed by atoms with Crippen LogP contribution in [0.2, 0.25) is 0 Å². The normalized spacial score (nSPS) is 11.9. The Morgan fingerprint density at radius 3 is 2.25 bits per heavy atom. The van der Waals surface area contributed by atoms with Gasteiger partial charge in [0.2, 0.25) is 0 Å². The van der Waals surface area contributed by atoms with E-state index in [4.69, 9.17) is 0 Å². The van der Waals surface area contributed by atoms with Crippen molar-refractivity contribution < 1.29 is 26.3 Å². The van der Waals surface area contributed by atoms with E-state index in [-0.39, 0.29) is 17.0 Å². The molecule has 16 heavy (non-hydrogen) atoms. The minimum atomic E-state index is 0. The van der Waals surface area contributed by atoms with Crippen LogP contribution in [0.3, 0.4) is 0 Å². The minimum Gasteiger partial charge on any atom is -1.00 e. The Bertz CT molecular complexity index is 287. The molecule has 0 aliphatic heterocycles. The van der Waals surface area contributed by atoms with Gasteiger partial charge in [0, 0.05) is 18.6 Å². The second kappa shape index (κ2) is 8.45. The number of carbonyl (C=O) groups is 1. The van der Waals surface area contributed by atoms with E-state index in [1.807, 2.05) is 30.6 Å². The molecule has 2 nitrogen and oxygen atoms in total. The van der Waals surface area contributed by atoms with Crippen LogP contribution in [-0.2, 0) is 4.79 Å². The lowest BCUT2D eigenvalue weighted by molar-refractivity contribution is -0.722. The predicted molar refractivity (Wildman–Crippen MR) is 60.4 cm³/mol. The summed E-state index contributed by atoms with van der Waals surface area (Å²) in [5, 5.41) is 0. The Morgan fingerprint density at radius 1 is 1.12 bits per heavy atom. The van der Waals surface area contributed by atoms with Crippen LogP contribution in [0.15, 0.2) is 30.6 Å². The zero-order chi connectivity index (χ0) is 11.1. The molecule has 0 bridgehead atoms. The number of aromatic nitrogens is 1. The largest absolute Gasteiger partial charge is 1.00 e. The molecular weight excluding hydrogens is 266 g/mol. The molecule has 0 aliphatic carbocycles. The SMILES string of the molecule is CC(C)CCC(CC=O)[n+]1ccccc1.[Br-]. The Kier molecular flexibility index (Phi) is 8.08. The van der Waals surface area contributed by atoms with Gasteiger partial charge in [-0.1, -0.05) is 19.9 Å². The lowest BCUT2D eigenvalue weighted by Gasteiger charge is -2.10. The molecule has 0 amide bonds. The molecule has 0 fully saturated rings. The van der Waals surface area contributed by atoms with Crippen LogP contribution >= 0.6 is 0 Å². The van der Waals surface area contributed by atoms with E-state index in [9.17, 15) is 4.79 Å². The lowest BCUT2D eigenvalue weighted by atomic mass is 10.0. The number of halogens is 1. The zero-order valence-corrected chi connectivity index (χ0v) is 11.6. The summed E-state index contributed by atoms with van der Waals surface area (Å²) in [6.07, 6.45) is 7.95. The van der Waals surface area contributed by atoms with Crippen molar-refractivity contribution in [1.29, 1.82) is 0 Å². The number of rotatable bonds is 6. The number of nitrogens with zero attached hydrogens (tertiary/aromatic N) is 1. The third-order valence-corrected chi connectivity index (χ3v) is 2.61. The maximum absolute atomic E-state index is 10.6. The summed E-state index contributed by atoms with van der Waals surface area (Å²) >= 11 is 0. The Morgan fingerprint density at radius 2 is 1.75 bits per heavy atom. The van der Waals surface area contributed by atoms with Crippen LogP contribution in [0.4, 0.5) is 0 Å². The second-order valence-electron chi connectivity index (χ2n) is 4.35. The van der Waals surface area contributed by atoms with Crippen molar-refractivity contribution in [2.45, 2.75) is 39.2 Å². The highest BCUT2D eigenvalue weighted by atomic mass is 79.9. The van der Waals surface area contributed by atoms with Crippen LogP contribution in [0.25, 0.3) is 0 Å². The zero-order valence-electron chi connectivity index (χ0n) is 9.97. The monoisotopic (exact) mass is 285 g/mol. The third-order valence-electron chi connectivity index (χ3n) is 2.61. The molecule has 90 valence electrons. The van der Waals surface area contributed by atoms with Gasteiger partial charge in [-0.3, -0.25) is 0 Å². The van der Waals surface area contributed by atoms with E-state index in [2.05, 4.69) is 18.4 Å². The van der Waals surface area contributed by atoms with E-state index in [1.54, 1.807) is 0 Å². The van der Waals surface area contributed by atoms with Crippen LogP contribution < -0.4 is 21.5 Å². The van der Waals surface area contributed by atoms with Crippen molar-refractivity contribution in [2.24, 2.45) is 5.92 Å². The van der Waals surface area contributed by atoms with Gasteiger partial charge >= 0.3 is 0 Å². The smallest absolute Gasteiger partial charge is 0.169 e. The molecule has 1 rings (SSSR count). The maximum Gasteiger partial charge on any atom is 0.169 e. The molecule has 0 saturated carbocycles. The molecule has 0 N–H and O–H groups in total. The third kappa shape index (κ3) is 5.40. The fourth-order valence-electron chi connectivity index (χ4n) is 1.68.